The van der Waals surface area contributed by atoms with Crippen LogP contribution in [-0.4, -0.2) is 35.1 Å². The number of H-pyrrole nitrogens is 1. The molecule has 110 valence electrons. The molecule has 0 aliphatic carbocycles. The summed E-state index contributed by atoms with van der Waals surface area (Å²) < 4.78 is 0. The largest absolute Gasteiger partial charge is 0.357 e. The molecule has 2 N–H and O–H groups in total. The Morgan fingerprint density at radius 2 is 2.14 bits per heavy atom. The van der Waals surface area contributed by atoms with Crippen LogP contribution in [0.2, 0.25) is 0 Å². The SMILES string of the molecule is Cc1cc(C)c2[nH]c(CN3C[C@@H]4C[C@H]3CN4)cc(=O)c2c1. The van der Waals surface area contributed by atoms with Crippen molar-refractivity contribution in [3.63, 3.8) is 0 Å². The number of piperazine rings is 1. The van der Waals surface area contributed by atoms with Crippen molar-refractivity contribution in [3.05, 3.63) is 45.2 Å². The molecule has 0 unspecified atom stereocenters. The Labute approximate surface area is 124 Å². The Morgan fingerprint density at radius 3 is 2.86 bits per heavy atom. The van der Waals surface area contributed by atoms with Crippen LogP contribution >= 0.6 is 0 Å². The van der Waals surface area contributed by atoms with Crippen molar-refractivity contribution < 1.29 is 0 Å². The van der Waals surface area contributed by atoms with Gasteiger partial charge in [-0.05, 0) is 37.5 Å². The van der Waals surface area contributed by atoms with Gasteiger partial charge in [0.2, 0.25) is 0 Å². The van der Waals surface area contributed by atoms with Gasteiger partial charge in [0.1, 0.15) is 0 Å². The first kappa shape index (κ1) is 13.0. The number of aryl methyl sites for hydroxylation is 2. The summed E-state index contributed by atoms with van der Waals surface area (Å²) in [5.41, 5.74) is 4.44. The van der Waals surface area contributed by atoms with Crippen molar-refractivity contribution in [2.24, 2.45) is 0 Å². The lowest BCUT2D eigenvalue weighted by atomic mass is 10.1. The summed E-state index contributed by atoms with van der Waals surface area (Å²) in [6, 6.07) is 7.16. The lowest BCUT2D eigenvalue weighted by Crippen LogP contribution is -2.43. The van der Waals surface area contributed by atoms with Gasteiger partial charge in [-0.1, -0.05) is 6.07 Å². The quantitative estimate of drug-likeness (QED) is 0.882. The molecule has 21 heavy (non-hydrogen) atoms. The number of aromatic nitrogens is 1. The molecule has 0 saturated carbocycles. The highest BCUT2D eigenvalue weighted by atomic mass is 16.1. The third-order valence-electron chi connectivity index (χ3n) is 4.88. The number of benzene rings is 1. The van der Waals surface area contributed by atoms with Crippen LogP contribution in [-0.2, 0) is 6.54 Å². The van der Waals surface area contributed by atoms with E-state index in [4.69, 9.17) is 0 Å². The average Bonchev–Trinajstić information content (AvgIpc) is 3.02. The van der Waals surface area contributed by atoms with Crippen molar-refractivity contribution in [1.29, 1.82) is 0 Å². The fourth-order valence-corrected chi connectivity index (χ4v) is 3.91. The first-order chi connectivity index (χ1) is 10.1. The number of pyridine rings is 1. The van der Waals surface area contributed by atoms with E-state index in [1.807, 2.05) is 13.0 Å². The van der Waals surface area contributed by atoms with E-state index in [0.717, 1.165) is 47.4 Å². The van der Waals surface area contributed by atoms with Gasteiger partial charge in [-0.3, -0.25) is 9.69 Å². The minimum absolute atomic E-state index is 0.132. The number of aromatic amines is 1. The summed E-state index contributed by atoms with van der Waals surface area (Å²) in [4.78, 5) is 18.4. The number of rotatable bonds is 2. The molecule has 2 aliphatic rings. The number of nitrogens with one attached hydrogen (secondary N) is 2. The van der Waals surface area contributed by atoms with Gasteiger partial charge in [0.25, 0.3) is 0 Å². The molecule has 2 aromatic rings. The van der Waals surface area contributed by atoms with Gasteiger partial charge in [-0.2, -0.15) is 0 Å². The molecule has 4 nitrogen and oxygen atoms in total. The molecule has 4 rings (SSSR count). The predicted molar refractivity (Wildman–Crippen MR) is 84.6 cm³/mol. The van der Waals surface area contributed by atoms with Gasteiger partial charge in [0.05, 0.1) is 5.52 Å². The van der Waals surface area contributed by atoms with Crippen molar-refractivity contribution >= 4 is 10.9 Å². The van der Waals surface area contributed by atoms with E-state index in [9.17, 15) is 4.79 Å². The molecule has 1 aromatic carbocycles. The van der Waals surface area contributed by atoms with E-state index in [1.165, 1.54) is 6.42 Å². The summed E-state index contributed by atoms with van der Waals surface area (Å²) in [5, 5.41) is 4.32. The molecule has 2 atom stereocenters. The molecular weight excluding hydrogens is 262 g/mol. The molecule has 0 amide bonds. The first-order valence-corrected chi connectivity index (χ1v) is 7.71. The van der Waals surface area contributed by atoms with E-state index in [2.05, 4.69) is 28.2 Å². The molecular formula is C17H21N3O. The van der Waals surface area contributed by atoms with Crippen LogP contribution in [0.1, 0.15) is 23.2 Å². The van der Waals surface area contributed by atoms with E-state index >= 15 is 0 Å². The zero-order chi connectivity index (χ0) is 14.6. The fraction of sp³-hybridized carbons (Fsp3) is 0.471. The second kappa shape index (κ2) is 4.68. The predicted octanol–water partition coefficient (Wildman–Crippen LogP) is 1.69. The molecule has 2 aliphatic heterocycles. The molecule has 0 spiro atoms. The highest BCUT2D eigenvalue weighted by Gasteiger charge is 2.37. The van der Waals surface area contributed by atoms with Crippen molar-refractivity contribution in [3.8, 4) is 0 Å². The number of hydrogen-bond donors (Lipinski definition) is 2. The van der Waals surface area contributed by atoms with Gasteiger partial charge in [0.15, 0.2) is 5.43 Å². The van der Waals surface area contributed by atoms with Gasteiger partial charge in [-0.15, -0.1) is 0 Å². The maximum absolute atomic E-state index is 12.4. The van der Waals surface area contributed by atoms with Crippen molar-refractivity contribution in [2.45, 2.75) is 38.9 Å². The van der Waals surface area contributed by atoms with Gasteiger partial charge in [0, 0.05) is 48.9 Å². The van der Waals surface area contributed by atoms with E-state index in [-0.39, 0.29) is 5.43 Å². The molecule has 1 aromatic heterocycles. The monoisotopic (exact) mass is 283 g/mol. The van der Waals surface area contributed by atoms with Crippen LogP contribution in [0.15, 0.2) is 23.0 Å². The minimum Gasteiger partial charge on any atom is -0.357 e. The lowest BCUT2D eigenvalue weighted by Gasteiger charge is -2.27. The third-order valence-corrected chi connectivity index (χ3v) is 4.88. The van der Waals surface area contributed by atoms with E-state index < -0.39 is 0 Å². The second-order valence-corrected chi connectivity index (χ2v) is 6.59. The van der Waals surface area contributed by atoms with Crippen LogP contribution in [0.5, 0.6) is 0 Å². The maximum Gasteiger partial charge on any atom is 0.189 e. The van der Waals surface area contributed by atoms with Crippen LogP contribution < -0.4 is 10.7 Å². The first-order valence-electron chi connectivity index (χ1n) is 7.71. The van der Waals surface area contributed by atoms with Crippen LogP contribution in [0, 0.1) is 13.8 Å². The molecule has 0 radical (unpaired) electrons. The Morgan fingerprint density at radius 1 is 1.29 bits per heavy atom. The topological polar surface area (TPSA) is 48.1 Å². The summed E-state index contributed by atoms with van der Waals surface area (Å²) in [6.07, 6.45) is 1.25. The number of hydrogen-bond acceptors (Lipinski definition) is 3. The van der Waals surface area contributed by atoms with Crippen LogP contribution in [0.25, 0.3) is 10.9 Å². The van der Waals surface area contributed by atoms with E-state index in [1.54, 1.807) is 6.07 Å². The highest BCUT2D eigenvalue weighted by Crippen LogP contribution is 2.25. The summed E-state index contributed by atoms with van der Waals surface area (Å²) in [7, 11) is 0. The summed E-state index contributed by atoms with van der Waals surface area (Å²) >= 11 is 0. The summed E-state index contributed by atoms with van der Waals surface area (Å²) in [6.45, 7) is 7.13. The van der Waals surface area contributed by atoms with Crippen molar-refractivity contribution in [1.82, 2.24) is 15.2 Å². The molecule has 2 fully saturated rings. The zero-order valence-corrected chi connectivity index (χ0v) is 12.6. The van der Waals surface area contributed by atoms with Gasteiger partial charge < -0.3 is 10.3 Å². The molecule has 2 bridgehead atoms. The standard InChI is InChI=1S/C17H21N3O/c1-10-3-11(2)17-15(4-10)16(21)6-13(19-17)9-20-8-12-5-14(20)7-18-12/h3-4,6,12,14,18H,5,7-9H2,1-2H3,(H,19,21)/t12-,14-/m0/s1. The maximum atomic E-state index is 12.4. The number of likely N-dealkylation sites (tertiary alicyclic amines) is 1. The molecule has 3 heterocycles. The minimum atomic E-state index is 0.132. The Kier molecular flexibility index (Phi) is 2.91. The van der Waals surface area contributed by atoms with Crippen molar-refractivity contribution in [2.75, 3.05) is 13.1 Å². The second-order valence-electron chi connectivity index (χ2n) is 6.59. The third kappa shape index (κ3) is 2.19. The zero-order valence-electron chi connectivity index (χ0n) is 12.6. The average molecular weight is 283 g/mol. The summed E-state index contributed by atoms with van der Waals surface area (Å²) in [5.74, 6) is 0. The van der Waals surface area contributed by atoms with Crippen LogP contribution in [0.4, 0.5) is 0 Å². The normalized spacial score (nSPS) is 25.0. The molecule has 2 saturated heterocycles. The Balaban J connectivity index is 1.72. The fourth-order valence-electron chi connectivity index (χ4n) is 3.91. The van der Waals surface area contributed by atoms with Gasteiger partial charge in [-0.25, -0.2) is 0 Å². The molecule has 4 heteroatoms. The van der Waals surface area contributed by atoms with Gasteiger partial charge >= 0.3 is 0 Å². The number of nitrogens with zero attached hydrogens (tertiary/aromatic N) is 1. The Bertz CT molecular complexity index is 764. The smallest absolute Gasteiger partial charge is 0.189 e. The Hall–Kier alpha value is -1.65. The lowest BCUT2D eigenvalue weighted by molar-refractivity contribution is 0.215. The van der Waals surface area contributed by atoms with Crippen LogP contribution in [0.3, 0.4) is 0 Å². The number of fused-ring (bicyclic) bond motifs is 3. The van der Waals surface area contributed by atoms with E-state index in [0.29, 0.717) is 12.1 Å². The highest BCUT2D eigenvalue weighted by molar-refractivity contribution is 5.82.